The molecule has 114 valence electrons. The van der Waals surface area contributed by atoms with E-state index < -0.39 is 0 Å². The van der Waals surface area contributed by atoms with Crippen LogP contribution in [0.5, 0.6) is 0 Å². The Kier molecular flexibility index (Phi) is 5.85. The van der Waals surface area contributed by atoms with E-state index in [-0.39, 0.29) is 6.04 Å². The van der Waals surface area contributed by atoms with Crippen molar-refractivity contribution in [2.45, 2.75) is 39.8 Å². The fraction of sp³-hybridized carbons (Fsp3) is 0.438. The van der Waals surface area contributed by atoms with Gasteiger partial charge < -0.3 is 5.32 Å². The van der Waals surface area contributed by atoms with Crippen molar-refractivity contribution in [1.82, 2.24) is 15.1 Å². The molecular weight excluding hydrogens is 350 g/mol. The van der Waals surface area contributed by atoms with E-state index in [4.69, 9.17) is 11.6 Å². The molecule has 1 aromatic heterocycles. The van der Waals surface area contributed by atoms with E-state index in [1.54, 1.807) is 6.20 Å². The van der Waals surface area contributed by atoms with E-state index >= 15 is 0 Å². The van der Waals surface area contributed by atoms with Gasteiger partial charge in [0, 0.05) is 11.0 Å². The molecule has 1 N–H and O–H groups in total. The van der Waals surface area contributed by atoms with E-state index in [9.17, 15) is 0 Å². The van der Waals surface area contributed by atoms with E-state index in [0.717, 1.165) is 29.7 Å². The first-order chi connectivity index (χ1) is 10.1. The van der Waals surface area contributed by atoms with Crippen LogP contribution in [0.2, 0.25) is 5.02 Å². The van der Waals surface area contributed by atoms with Crippen LogP contribution >= 0.6 is 27.5 Å². The Morgan fingerprint density at radius 3 is 2.76 bits per heavy atom. The van der Waals surface area contributed by atoms with Crippen LogP contribution in [0.1, 0.15) is 43.1 Å². The molecular formula is C16H21BrClN3. The van der Waals surface area contributed by atoms with Crippen molar-refractivity contribution in [3.8, 4) is 0 Å². The van der Waals surface area contributed by atoms with Crippen molar-refractivity contribution in [2.75, 3.05) is 6.54 Å². The normalized spacial score (nSPS) is 12.6. The molecule has 0 fully saturated rings. The minimum absolute atomic E-state index is 0.0338. The van der Waals surface area contributed by atoms with Gasteiger partial charge in [-0.25, -0.2) is 0 Å². The summed E-state index contributed by atoms with van der Waals surface area (Å²) in [6, 6.07) is 6.44. The molecule has 1 atom stereocenters. The minimum atomic E-state index is 0.0338. The highest BCUT2D eigenvalue weighted by Crippen LogP contribution is 2.33. The summed E-state index contributed by atoms with van der Waals surface area (Å²) in [7, 11) is 0. The Morgan fingerprint density at radius 1 is 1.38 bits per heavy atom. The number of halogens is 2. The lowest BCUT2D eigenvalue weighted by Gasteiger charge is -2.22. The van der Waals surface area contributed by atoms with Crippen LogP contribution in [0.15, 0.2) is 28.9 Å². The fourth-order valence-electron chi connectivity index (χ4n) is 2.47. The van der Waals surface area contributed by atoms with Crippen LogP contribution in [-0.2, 0) is 6.54 Å². The van der Waals surface area contributed by atoms with Crippen LogP contribution in [0.4, 0.5) is 0 Å². The SMILES string of the molecule is CCCn1ncc(Cl)c1C(NCC)c1ccc(C)cc1Br. The maximum Gasteiger partial charge on any atom is 0.0837 e. The summed E-state index contributed by atoms with van der Waals surface area (Å²) in [6.07, 6.45) is 2.76. The Labute approximate surface area is 139 Å². The topological polar surface area (TPSA) is 29.9 Å². The second-order valence-corrected chi connectivity index (χ2v) is 6.38. The summed E-state index contributed by atoms with van der Waals surface area (Å²) in [5, 5.41) is 8.65. The van der Waals surface area contributed by atoms with Gasteiger partial charge in [0.05, 0.1) is 23.0 Å². The number of hydrogen-bond donors (Lipinski definition) is 1. The Hall–Kier alpha value is -0.840. The van der Waals surface area contributed by atoms with Gasteiger partial charge in [0.1, 0.15) is 0 Å². The van der Waals surface area contributed by atoms with Crippen molar-refractivity contribution >= 4 is 27.5 Å². The fourth-order valence-corrected chi connectivity index (χ4v) is 3.45. The summed E-state index contributed by atoms with van der Waals surface area (Å²) >= 11 is 10.1. The van der Waals surface area contributed by atoms with Crippen molar-refractivity contribution in [1.29, 1.82) is 0 Å². The number of nitrogens with zero attached hydrogens (tertiary/aromatic N) is 2. The molecule has 0 spiro atoms. The predicted octanol–water partition coefficient (Wildman–Crippen LogP) is 4.72. The molecule has 2 aromatic rings. The van der Waals surface area contributed by atoms with Crippen LogP contribution in [0, 0.1) is 6.92 Å². The van der Waals surface area contributed by atoms with Gasteiger partial charge in [-0.2, -0.15) is 5.10 Å². The second-order valence-electron chi connectivity index (χ2n) is 5.12. The zero-order chi connectivity index (χ0) is 15.4. The Bertz CT molecular complexity index is 610. The standard InChI is InChI=1S/C16H21BrClN3/c1-4-8-21-16(14(18)10-20-21)15(19-5-2)12-7-6-11(3)9-13(12)17/h6-7,9-10,15,19H,4-5,8H2,1-3H3. The molecule has 0 bridgehead atoms. The molecule has 1 heterocycles. The molecule has 0 aliphatic carbocycles. The molecule has 21 heavy (non-hydrogen) atoms. The zero-order valence-corrected chi connectivity index (χ0v) is 15.0. The number of benzene rings is 1. The molecule has 1 unspecified atom stereocenters. The number of aromatic nitrogens is 2. The molecule has 1 aromatic carbocycles. The van der Waals surface area contributed by atoms with E-state index in [2.05, 4.69) is 65.3 Å². The van der Waals surface area contributed by atoms with Crippen molar-refractivity contribution in [3.05, 3.63) is 50.7 Å². The predicted molar refractivity (Wildman–Crippen MR) is 91.9 cm³/mol. The molecule has 0 aliphatic heterocycles. The highest BCUT2D eigenvalue weighted by atomic mass is 79.9. The summed E-state index contributed by atoms with van der Waals surface area (Å²) in [4.78, 5) is 0. The monoisotopic (exact) mass is 369 g/mol. The number of aryl methyl sites for hydroxylation is 2. The lowest BCUT2D eigenvalue weighted by molar-refractivity contribution is 0.519. The Morgan fingerprint density at radius 2 is 2.14 bits per heavy atom. The largest absolute Gasteiger partial charge is 0.305 e. The molecule has 3 nitrogen and oxygen atoms in total. The van der Waals surface area contributed by atoms with Gasteiger partial charge in [-0.3, -0.25) is 4.68 Å². The molecule has 0 saturated carbocycles. The first-order valence-electron chi connectivity index (χ1n) is 7.29. The van der Waals surface area contributed by atoms with Gasteiger partial charge in [-0.15, -0.1) is 0 Å². The van der Waals surface area contributed by atoms with Gasteiger partial charge in [0.15, 0.2) is 0 Å². The van der Waals surface area contributed by atoms with Crippen LogP contribution in [0.25, 0.3) is 0 Å². The third-order valence-electron chi connectivity index (χ3n) is 3.42. The van der Waals surface area contributed by atoms with Gasteiger partial charge >= 0.3 is 0 Å². The summed E-state index contributed by atoms with van der Waals surface area (Å²) in [5.41, 5.74) is 3.45. The summed E-state index contributed by atoms with van der Waals surface area (Å²) in [6.45, 7) is 8.06. The number of nitrogens with one attached hydrogen (secondary N) is 1. The van der Waals surface area contributed by atoms with Gasteiger partial charge in [0.2, 0.25) is 0 Å². The molecule has 2 rings (SSSR count). The molecule has 0 amide bonds. The van der Waals surface area contributed by atoms with Crippen LogP contribution in [-0.4, -0.2) is 16.3 Å². The Balaban J connectivity index is 2.50. The van der Waals surface area contributed by atoms with Gasteiger partial charge in [0.25, 0.3) is 0 Å². The van der Waals surface area contributed by atoms with Gasteiger partial charge in [-0.1, -0.05) is 53.5 Å². The first kappa shape index (κ1) is 16.5. The van der Waals surface area contributed by atoms with Gasteiger partial charge in [-0.05, 0) is 37.1 Å². The van der Waals surface area contributed by atoms with Crippen LogP contribution in [0.3, 0.4) is 0 Å². The smallest absolute Gasteiger partial charge is 0.0837 e. The average Bonchev–Trinajstić information content (AvgIpc) is 2.79. The first-order valence-corrected chi connectivity index (χ1v) is 8.46. The second kappa shape index (κ2) is 7.43. The number of rotatable bonds is 6. The highest BCUT2D eigenvalue weighted by molar-refractivity contribution is 9.10. The highest BCUT2D eigenvalue weighted by Gasteiger charge is 2.23. The third-order valence-corrected chi connectivity index (χ3v) is 4.40. The number of hydrogen-bond acceptors (Lipinski definition) is 2. The van der Waals surface area contributed by atoms with Crippen molar-refractivity contribution in [2.24, 2.45) is 0 Å². The lowest BCUT2D eigenvalue weighted by atomic mass is 10.0. The van der Waals surface area contributed by atoms with Crippen molar-refractivity contribution in [3.63, 3.8) is 0 Å². The van der Waals surface area contributed by atoms with E-state index in [1.807, 2.05) is 4.68 Å². The maximum absolute atomic E-state index is 6.41. The van der Waals surface area contributed by atoms with E-state index in [1.165, 1.54) is 11.1 Å². The molecule has 0 radical (unpaired) electrons. The minimum Gasteiger partial charge on any atom is -0.305 e. The van der Waals surface area contributed by atoms with Crippen molar-refractivity contribution < 1.29 is 0 Å². The summed E-state index contributed by atoms with van der Waals surface area (Å²) < 4.78 is 3.09. The zero-order valence-electron chi connectivity index (χ0n) is 12.7. The quantitative estimate of drug-likeness (QED) is 0.797. The lowest BCUT2D eigenvalue weighted by Crippen LogP contribution is -2.25. The maximum atomic E-state index is 6.41. The summed E-state index contributed by atoms with van der Waals surface area (Å²) in [5.74, 6) is 0. The van der Waals surface area contributed by atoms with E-state index in [0.29, 0.717) is 5.02 Å². The average molecular weight is 371 g/mol. The molecule has 5 heteroatoms. The third kappa shape index (κ3) is 3.68. The molecule has 0 aliphatic rings. The van der Waals surface area contributed by atoms with Crippen LogP contribution < -0.4 is 5.32 Å². The molecule has 0 saturated heterocycles.